The number of esters is 2. The van der Waals surface area contributed by atoms with Crippen LogP contribution in [0, 0.1) is 0 Å². The van der Waals surface area contributed by atoms with Gasteiger partial charge in [-0.25, -0.2) is 14.6 Å². The Morgan fingerprint density at radius 3 is 2.48 bits per heavy atom. The molecule has 2 aromatic carbocycles. The SMILES string of the molecule is COC(=O)c1ccc(/C=C2/N=C(c3ccccc3OC)OC2=O)cc1. The van der Waals surface area contributed by atoms with Crippen LogP contribution in [-0.2, 0) is 14.3 Å². The van der Waals surface area contributed by atoms with Gasteiger partial charge in [-0.2, -0.15) is 0 Å². The van der Waals surface area contributed by atoms with Crippen molar-refractivity contribution in [3.63, 3.8) is 0 Å². The van der Waals surface area contributed by atoms with E-state index in [4.69, 9.17) is 9.47 Å². The van der Waals surface area contributed by atoms with Gasteiger partial charge >= 0.3 is 11.9 Å². The Bertz CT molecular complexity index is 881. The second kappa shape index (κ2) is 7.00. The Labute approximate surface area is 144 Å². The van der Waals surface area contributed by atoms with Crippen LogP contribution in [0.1, 0.15) is 21.5 Å². The summed E-state index contributed by atoms with van der Waals surface area (Å²) in [7, 11) is 2.86. The molecule has 3 rings (SSSR count). The molecule has 1 aliphatic rings. The topological polar surface area (TPSA) is 74.2 Å². The molecule has 0 bridgehead atoms. The molecule has 0 saturated heterocycles. The van der Waals surface area contributed by atoms with Gasteiger partial charge < -0.3 is 14.2 Å². The molecule has 0 aliphatic carbocycles. The van der Waals surface area contributed by atoms with Crippen LogP contribution in [0.3, 0.4) is 0 Å². The molecule has 0 aromatic heterocycles. The highest BCUT2D eigenvalue weighted by atomic mass is 16.6. The van der Waals surface area contributed by atoms with E-state index in [1.807, 2.05) is 6.07 Å². The van der Waals surface area contributed by atoms with E-state index >= 15 is 0 Å². The van der Waals surface area contributed by atoms with Crippen LogP contribution in [0.4, 0.5) is 0 Å². The lowest BCUT2D eigenvalue weighted by Gasteiger charge is -2.05. The molecule has 0 N–H and O–H groups in total. The summed E-state index contributed by atoms with van der Waals surface area (Å²) < 4.78 is 15.1. The van der Waals surface area contributed by atoms with Gasteiger partial charge in [0, 0.05) is 0 Å². The quantitative estimate of drug-likeness (QED) is 0.633. The lowest BCUT2D eigenvalue weighted by Crippen LogP contribution is -2.06. The molecule has 0 amide bonds. The number of aliphatic imine (C=N–C) groups is 1. The summed E-state index contributed by atoms with van der Waals surface area (Å²) in [5, 5.41) is 0. The average molecular weight is 337 g/mol. The zero-order valence-electron chi connectivity index (χ0n) is 13.7. The number of carbonyl (C=O) groups is 2. The Kier molecular flexibility index (Phi) is 4.61. The maximum Gasteiger partial charge on any atom is 0.363 e. The van der Waals surface area contributed by atoms with E-state index in [2.05, 4.69) is 9.73 Å². The maximum absolute atomic E-state index is 12.1. The molecule has 1 heterocycles. The van der Waals surface area contributed by atoms with Crippen molar-refractivity contribution in [2.45, 2.75) is 0 Å². The third-order valence-corrected chi connectivity index (χ3v) is 3.59. The van der Waals surface area contributed by atoms with Gasteiger partial charge in [0.05, 0.1) is 25.3 Å². The predicted molar refractivity (Wildman–Crippen MR) is 91.4 cm³/mol. The molecule has 126 valence electrons. The molecule has 0 unspecified atom stereocenters. The van der Waals surface area contributed by atoms with Crippen LogP contribution in [0.25, 0.3) is 6.08 Å². The smallest absolute Gasteiger partial charge is 0.363 e. The second-order valence-corrected chi connectivity index (χ2v) is 5.15. The van der Waals surface area contributed by atoms with Crippen molar-refractivity contribution in [2.24, 2.45) is 4.99 Å². The Hall–Kier alpha value is -3.41. The van der Waals surface area contributed by atoms with E-state index in [9.17, 15) is 9.59 Å². The molecule has 0 saturated carbocycles. The van der Waals surface area contributed by atoms with Gasteiger partial charge in [-0.15, -0.1) is 0 Å². The van der Waals surface area contributed by atoms with E-state index in [1.165, 1.54) is 14.2 Å². The molecular formula is C19H15NO5. The molecule has 1 aliphatic heterocycles. The minimum atomic E-state index is -0.544. The number of hydrogen-bond donors (Lipinski definition) is 0. The van der Waals surface area contributed by atoms with Crippen molar-refractivity contribution in [2.75, 3.05) is 14.2 Å². The first-order chi connectivity index (χ1) is 12.1. The van der Waals surface area contributed by atoms with E-state index in [1.54, 1.807) is 48.5 Å². The number of nitrogens with zero attached hydrogens (tertiary/aromatic N) is 1. The van der Waals surface area contributed by atoms with Gasteiger partial charge in [0.1, 0.15) is 5.75 Å². The van der Waals surface area contributed by atoms with Crippen LogP contribution < -0.4 is 4.74 Å². The van der Waals surface area contributed by atoms with Crippen LogP contribution in [0.15, 0.2) is 59.2 Å². The number of hydrogen-bond acceptors (Lipinski definition) is 6. The summed E-state index contributed by atoms with van der Waals surface area (Å²) in [6.07, 6.45) is 1.59. The van der Waals surface area contributed by atoms with Crippen molar-refractivity contribution in [3.05, 3.63) is 70.9 Å². The summed E-state index contributed by atoms with van der Waals surface area (Å²) in [5.74, 6) is -0.202. The monoisotopic (exact) mass is 337 g/mol. The Morgan fingerprint density at radius 1 is 1.08 bits per heavy atom. The standard InChI is InChI=1S/C19H15NO5/c1-23-16-6-4-3-5-14(16)17-20-15(19(22)25-17)11-12-7-9-13(10-8-12)18(21)24-2/h3-11H,1-2H3/b15-11+. The number of para-hydroxylation sites is 1. The fourth-order valence-electron chi connectivity index (χ4n) is 2.34. The molecule has 0 fully saturated rings. The molecule has 6 heteroatoms. The van der Waals surface area contributed by atoms with Crippen molar-refractivity contribution < 1.29 is 23.8 Å². The lowest BCUT2D eigenvalue weighted by molar-refractivity contribution is -0.129. The summed E-state index contributed by atoms with van der Waals surface area (Å²) in [6, 6.07) is 13.8. The minimum absolute atomic E-state index is 0.173. The number of ether oxygens (including phenoxy) is 3. The van der Waals surface area contributed by atoms with Crippen LogP contribution in [0.5, 0.6) is 5.75 Å². The maximum atomic E-state index is 12.1. The average Bonchev–Trinajstić information content (AvgIpc) is 3.02. The van der Waals surface area contributed by atoms with E-state index in [-0.39, 0.29) is 11.6 Å². The van der Waals surface area contributed by atoms with E-state index in [0.717, 1.165) is 0 Å². The zero-order valence-corrected chi connectivity index (χ0v) is 13.7. The van der Waals surface area contributed by atoms with Gasteiger partial charge in [0.15, 0.2) is 5.70 Å². The molecule has 0 atom stereocenters. The third-order valence-electron chi connectivity index (χ3n) is 3.59. The lowest BCUT2D eigenvalue weighted by atomic mass is 10.1. The molecule has 25 heavy (non-hydrogen) atoms. The van der Waals surface area contributed by atoms with Crippen molar-refractivity contribution >= 4 is 23.9 Å². The van der Waals surface area contributed by atoms with Gasteiger partial charge in [-0.1, -0.05) is 24.3 Å². The number of benzene rings is 2. The highest BCUT2D eigenvalue weighted by Crippen LogP contribution is 2.25. The first-order valence-corrected chi connectivity index (χ1v) is 7.46. The number of carbonyl (C=O) groups excluding carboxylic acids is 2. The van der Waals surface area contributed by atoms with Crippen LogP contribution in [-0.4, -0.2) is 32.1 Å². The third kappa shape index (κ3) is 3.42. The Morgan fingerprint density at radius 2 is 1.80 bits per heavy atom. The van der Waals surface area contributed by atoms with Gasteiger partial charge in [0.25, 0.3) is 0 Å². The number of rotatable bonds is 4. The first-order valence-electron chi connectivity index (χ1n) is 7.46. The van der Waals surface area contributed by atoms with Crippen molar-refractivity contribution in [3.8, 4) is 5.75 Å². The van der Waals surface area contributed by atoms with Crippen LogP contribution in [0.2, 0.25) is 0 Å². The first kappa shape index (κ1) is 16.4. The molecule has 2 aromatic rings. The second-order valence-electron chi connectivity index (χ2n) is 5.15. The predicted octanol–water partition coefficient (Wildman–Crippen LogP) is 2.83. The van der Waals surface area contributed by atoms with Gasteiger partial charge in [0.2, 0.25) is 5.90 Å². The summed E-state index contributed by atoms with van der Waals surface area (Å²) in [6.45, 7) is 0. The highest BCUT2D eigenvalue weighted by Gasteiger charge is 2.26. The summed E-state index contributed by atoms with van der Waals surface area (Å²) in [4.78, 5) is 27.8. The summed E-state index contributed by atoms with van der Waals surface area (Å²) >= 11 is 0. The Balaban J connectivity index is 1.89. The number of methoxy groups -OCH3 is 2. The number of cyclic esters (lactones) is 1. The largest absolute Gasteiger partial charge is 0.496 e. The fraction of sp³-hybridized carbons (Fsp3) is 0.105. The van der Waals surface area contributed by atoms with E-state index in [0.29, 0.717) is 22.4 Å². The van der Waals surface area contributed by atoms with Gasteiger partial charge in [-0.3, -0.25) is 0 Å². The van der Waals surface area contributed by atoms with Crippen molar-refractivity contribution in [1.82, 2.24) is 0 Å². The highest BCUT2D eigenvalue weighted by molar-refractivity contribution is 6.13. The fourth-order valence-corrected chi connectivity index (χ4v) is 2.34. The molecule has 0 radical (unpaired) electrons. The molecule has 0 spiro atoms. The molecular weight excluding hydrogens is 322 g/mol. The normalized spacial score (nSPS) is 14.9. The van der Waals surface area contributed by atoms with Crippen molar-refractivity contribution in [1.29, 1.82) is 0 Å². The van der Waals surface area contributed by atoms with Crippen LogP contribution >= 0.6 is 0 Å². The minimum Gasteiger partial charge on any atom is -0.496 e. The molecule has 6 nitrogen and oxygen atoms in total. The van der Waals surface area contributed by atoms with Gasteiger partial charge in [-0.05, 0) is 35.9 Å². The van der Waals surface area contributed by atoms with E-state index < -0.39 is 11.9 Å². The summed E-state index contributed by atoms with van der Waals surface area (Å²) in [5.41, 5.74) is 1.91. The zero-order chi connectivity index (χ0) is 17.8.